The summed E-state index contributed by atoms with van der Waals surface area (Å²) >= 11 is 4.76. The van der Waals surface area contributed by atoms with Crippen LogP contribution in [0.25, 0.3) is 0 Å². The Morgan fingerprint density at radius 1 is 1.38 bits per heavy atom. The summed E-state index contributed by atoms with van der Waals surface area (Å²) in [6, 6.07) is 8.40. The maximum Gasteiger partial charge on any atom is 0.180 e. The SMILES string of the molecule is CC(CI)(c1cnco1)c1ccccc1I. The van der Waals surface area contributed by atoms with E-state index in [0.717, 1.165) is 10.2 Å². The van der Waals surface area contributed by atoms with Crippen LogP contribution < -0.4 is 0 Å². The maximum atomic E-state index is 5.48. The number of nitrogens with zero attached hydrogens (tertiary/aromatic N) is 1. The molecule has 84 valence electrons. The van der Waals surface area contributed by atoms with E-state index in [1.165, 1.54) is 15.5 Å². The predicted molar refractivity (Wildman–Crippen MR) is 81.0 cm³/mol. The zero-order valence-electron chi connectivity index (χ0n) is 8.78. The third kappa shape index (κ3) is 2.13. The average molecular weight is 439 g/mol. The first-order valence-electron chi connectivity index (χ1n) is 4.88. The maximum absolute atomic E-state index is 5.48. The smallest absolute Gasteiger partial charge is 0.180 e. The standard InChI is InChI=1S/C12H11I2NO/c1-12(7-13,11-6-15-8-16-11)9-4-2-3-5-10(9)14/h2-6,8H,7H2,1H3. The lowest BCUT2D eigenvalue weighted by atomic mass is 9.83. The van der Waals surface area contributed by atoms with Gasteiger partial charge in [0.05, 0.1) is 11.6 Å². The largest absolute Gasteiger partial charge is 0.448 e. The molecule has 0 saturated carbocycles. The molecule has 0 saturated heterocycles. The third-order valence-corrected chi connectivity index (χ3v) is 5.18. The molecule has 2 rings (SSSR count). The van der Waals surface area contributed by atoms with Crippen LogP contribution in [0.4, 0.5) is 0 Å². The van der Waals surface area contributed by atoms with Gasteiger partial charge in [-0.15, -0.1) is 0 Å². The van der Waals surface area contributed by atoms with E-state index < -0.39 is 0 Å². The van der Waals surface area contributed by atoms with Crippen molar-refractivity contribution in [1.29, 1.82) is 0 Å². The molecule has 2 nitrogen and oxygen atoms in total. The highest BCUT2D eigenvalue weighted by atomic mass is 127. The lowest BCUT2D eigenvalue weighted by Gasteiger charge is -2.26. The van der Waals surface area contributed by atoms with Crippen LogP contribution in [0.2, 0.25) is 0 Å². The van der Waals surface area contributed by atoms with E-state index in [1.54, 1.807) is 0 Å². The number of aromatic nitrogens is 1. The van der Waals surface area contributed by atoms with Gasteiger partial charge in [0.25, 0.3) is 0 Å². The monoisotopic (exact) mass is 439 g/mol. The van der Waals surface area contributed by atoms with Gasteiger partial charge in [0.1, 0.15) is 5.76 Å². The summed E-state index contributed by atoms with van der Waals surface area (Å²) in [4.78, 5) is 4.02. The van der Waals surface area contributed by atoms with Gasteiger partial charge in [0.2, 0.25) is 0 Å². The van der Waals surface area contributed by atoms with Gasteiger partial charge in [-0.05, 0) is 41.1 Å². The lowest BCUT2D eigenvalue weighted by Crippen LogP contribution is -2.26. The Balaban J connectivity index is 2.55. The van der Waals surface area contributed by atoms with Crippen molar-refractivity contribution >= 4 is 45.2 Å². The van der Waals surface area contributed by atoms with E-state index >= 15 is 0 Å². The molecule has 4 heteroatoms. The van der Waals surface area contributed by atoms with E-state index in [2.05, 4.69) is 81.4 Å². The summed E-state index contributed by atoms with van der Waals surface area (Å²) < 4.78 is 7.70. The number of benzene rings is 1. The molecule has 1 aromatic heterocycles. The van der Waals surface area contributed by atoms with E-state index in [4.69, 9.17) is 4.42 Å². The number of hydrogen-bond donors (Lipinski definition) is 0. The van der Waals surface area contributed by atoms with Crippen molar-refractivity contribution in [3.63, 3.8) is 0 Å². The minimum absolute atomic E-state index is 0.102. The van der Waals surface area contributed by atoms with Gasteiger partial charge in [-0.3, -0.25) is 0 Å². The second-order valence-corrected chi connectivity index (χ2v) is 5.74. The average Bonchev–Trinajstić information content (AvgIpc) is 2.82. The summed E-state index contributed by atoms with van der Waals surface area (Å²) in [7, 11) is 0. The highest BCUT2D eigenvalue weighted by Crippen LogP contribution is 2.36. The molecule has 2 aromatic rings. The molecule has 1 atom stereocenters. The second kappa shape index (κ2) is 5.03. The quantitative estimate of drug-likeness (QED) is 0.534. The summed E-state index contributed by atoms with van der Waals surface area (Å²) in [5.74, 6) is 0.922. The Morgan fingerprint density at radius 2 is 2.12 bits per heavy atom. The molecule has 0 spiro atoms. The van der Waals surface area contributed by atoms with Crippen molar-refractivity contribution in [2.75, 3.05) is 4.43 Å². The summed E-state index contributed by atoms with van der Waals surface area (Å²) in [5, 5.41) is 0. The van der Waals surface area contributed by atoms with Crippen molar-refractivity contribution in [2.45, 2.75) is 12.3 Å². The van der Waals surface area contributed by atoms with Gasteiger partial charge >= 0.3 is 0 Å². The molecule has 0 aliphatic rings. The minimum atomic E-state index is -0.102. The lowest BCUT2D eigenvalue weighted by molar-refractivity contribution is 0.433. The molecular weight excluding hydrogens is 428 g/mol. The van der Waals surface area contributed by atoms with Crippen LogP contribution in [-0.2, 0) is 5.41 Å². The van der Waals surface area contributed by atoms with Crippen molar-refractivity contribution in [1.82, 2.24) is 4.98 Å². The van der Waals surface area contributed by atoms with E-state index in [1.807, 2.05) is 6.20 Å². The number of oxazole rings is 1. The first-order valence-corrected chi connectivity index (χ1v) is 7.49. The van der Waals surface area contributed by atoms with Crippen LogP contribution in [0, 0.1) is 3.57 Å². The molecule has 1 unspecified atom stereocenters. The highest BCUT2D eigenvalue weighted by Gasteiger charge is 2.32. The Bertz CT molecular complexity index is 470. The molecule has 0 N–H and O–H groups in total. The summed E-state index contributed by atoms with van der Waals surface area (Å²) in [6.45, 7) is 2.19. The van der Waals surface area contributed by atoms with Crippen LogP contribution >= 0.6 is 45.2 Å². The molecular formula is C12H11I2NO. The first-order chi connectivity index (χ1) is 7.68. The number of hydrogen-bond acceptors (Lipinski definition) is 2. The van der Waals surface area contributed by atoms with E-state index in [0.29, 0.717) is 0 Å². The number of alkyl halides is 1. The Labute approximate surface area is 122 Å². The molecule has 0 aliphatic carbocycles. The Hall–Kier alpha value is -0.110. The van der Waals surface area contributed by atoms with Gasteiger partial charge in [-0.1, -0.05) is 40.8 Å². The summed E-state index contributed by atoms with van der Waals surface area (Å²) in [5.41, 5.74) is 1.19. The summed E-state index contributed by atoms with van der Waals surface area (Å²) in [6.07, 6.45) is 3.30. The topological polar surface area (TPSA) is 26.0 Å². The first kappa shape index (κ1) is 12.3. The normalized spacial score (nSPS) is 14.7. The fourth-order valence-electron chi connectivity index (χ4n) is 1.67. The van der Waals surface area contributed by atoms with Crippen LogP contribution in [0.1, 0.15) is 18.2 Å². The van der Waals surface area contributed by atoms with Crippen molar-refractivity contribution in [3.05, 3.63) is 51.7 Å². The Morgan fingerprint density at radius 3 is 2.69 bits per heavy atom. The van der Waals surface area contributed by atoms with Gasteiger partial charge in [0, 0.05) is 8.00 Å². The number of rotatable bonds is 3. The van der Waals surface area contributed by atoms with Crippen molar-refractivity contribution < 1.29 is 4.42 Å². The molecule has 1 aromatic carbocycles. The van der Waals surface area contributed by atoms with Crippen molar-refractivity contribution in [2.24, 2.45) is 0 Å². The molecule has 1 heterocycles. The van der Waals surface area contributed by atoms with Gasteiger partial charge < -0.3 is 4.42 Å². The molecule has 0 bridgehead atoms. The third-order valence-electron chi connectivity index (χ3n) is 2.71. The van der Waals surface area contributed by atoms with Crippen LogP contribution in [0.5, 0.6) is 0 Å². The zero-order valence-corrected chi connectivity index (χ0v) is 13.1. The molecule has 0 fully saturated rings. The minimum Gasteiger partial charge on any atom is -0.448 e. The highest BCUT2D eigenvalue weighted by molar-refractivity contribution is 14.1. The molecule has 0 amide bonds. The van der Waals surface area contributed by atoms with Crippen LogP contribution in [0.15, 0.2) is 41.3 Å². The van der Waals surface area contributed by atoms with E-state index in [-0.39, 0.29) is 5.41 Å². The second-order valence-electron chi connectivity index (χ2n) is 3.81. The molecule has 0 aliphatic heterocycles. The predicted octanol–water partition coefficient (Wildman–Crippen LogP) is 4.02. The van der Waals surface area contributed by atoms with Gasteiger partial charge in [-0.25, -0.2) is 4.98 Å². The van der Waals surface area contributed by atoms with E-state index in [9.17, 15) is 0 Å². The Kier molecular flexibility index (Phi) is 3.89. The number of halogens is 2. The van der Waals surface area contributed by atoms with Crippen LogP contribution in [0.3, 0.4) is 0 Å². The fourth-order valence-corrected chi connectivity index (χ4v) is 3.44. The zero-order chi connectivity index (χ0) is 11.6. The van der Waals surface area contributed by atoms with Crippen LogP contribution in [-0.4, -0.2) is 9.41 Å². The van der Waals surface area contributed by atoms with Crippen molar-refractivity contribution in [3.8, 4) is 0 Å². The van der Waals surface area contributed by atoms with Gasteiger partial charge in [0.15, 0.2) is 6.39 Å². The van der Waals surface area contributed by atoms with Gasteiger partial charge in [-0.2, -0.15) is 0 Å². The molecule has 0 radical (unpaired) electrons. The fraction of sp³-hybridized carbons (Fsp3) is 0.250. The molecule has 16 heavy (non-hydrogen) atoms.